The molecule has 1 aromatic heterocycles. The number of hydrogen-bond acceptors (Lipinski definition) is 5. The summed E-state index contributed by atoms with van der Waals surface area (Å²) < 4.78 is 15.9. The molecule has 0 fully saturated rings. The van der Waals surface area contributed by atoms with Crippen molar-refractivity contribution in [2.24, 2.45) is 0 Å². The van der Waals surface area contributed by atoms with E-state index in [0.29, 0.717) is 17.2 Å². The van der Waals surface area contributed by atoms with Crippen LogP contribution in [0.25, 0.3) is 11.3 Å². The summed E-state index contributed by atoms with van der Waals surface area (Å²) in [5.74, 6) is 1.84. The first-order valence-electron chi connectivity index (χ1n) is 8.20. The van der Waals surface area contributed by atoms with Crippen LogP contribution >= 0.6 is 0 Å². The topological polar surface area (TPSA) is 73.6 Å². The van der Waals surface area contributed by atoms with E-state index in [4.69, 9.17) is 14.0 Å². The Morgan fingerprint density at radius 1 is 1.08 bits per heavy atom. The Morgan fingerprint density at radius 3 is 2.46 bits per heavy atom. The highest BCUT2D eigenvalue weighted by atomic mass is 16.5. The number of amides is 1. The van der Waals surface area contributed by atoms with Crippen molar-refractivity contribution in [2.45, 2.75) is 13.5 Å². The molecule has 0 spiro atoms. The standard InChI is InChI=1S/C20H20N2O4/c1-14-3-7-18(8-4-14)25-13-20(23)21-12-16-11-19(26-22-16)15-5-9-17(24-2)10-6-15/h3-11H,12-13H2,1-2H3,(H,21,23). The van der Waals surface area contributed by atoms with Gasteiger partial charge in [-0.05, 0) is 43.3 Å². The number of nitrogens with zero attached hydrogens (tertiary/aromatic N) is 1. The summed E-state index contributed by atoms with van der Waals surface area (Å²) in [6.45, 7) is 2.22. The predicted octanol–water partition coefficient (Wildman–Crippen LogP) is 3.35. The van der Waals surface area contributed by atoms with Gasteiger partial charge in [-0.15, -0.1) is 0 Å². The average molecular weight is 352 g/mol. The van der Waals surface area contributed by atoms with E-state index < -0.39 is 0 Å². The largest absolute Gasteiger partial charge is 0.497 e. The fourth-order valence-corrected chi connectivity index (χ4v) is 2.31. The van der Waals surface area contributed by atoms with Crippen LogP contribution in [0.1, 0.15) is 11.3 Å². The molecular weight excluding hydrogens is 332 g/mol. The van der Waals surface area contributed by atoms with Crippen LogP contribution in [0.15, 0.2) is 59.1 Å². The molecule has 3 aromatic rings. The van der Waals surface area contributed by atoms with Gasteiger partial charge in [0.05, 0.1) is 13.7 Å². The van der Waals surface area contributed by atoms with E-state index in [2.05, 4.69) is 10.5 Å². The third-order valence-electron chi connectivity index (χ3n) is 3.79. The van der Waals surface area contributed by atoms with E-state index in [0.717, 1.165) is 16.9 Å². The molecule has 0 aliphatic carbocycles. The van der Waals surface area contributed by atoms with E-state index in [1.807, 2.05) is 55.5 Å². The lowest BCUT2D eigenvalue weighted by molar-refractivity contribution is -0.123. The maximum absolute atomic E-state index is 11.9. The Morgan fingerprint density at radius 2 is 1.77 bits per heavy atom. The van der Waals surface area contributed by atoms with E-state index in [-0.39, 0.29) is 19.1 Å². The summed E-state index contributed by atoms with van der Waals surface area (Å²) in [7, 11) is 1.62. The van der Waals surface area contributed by atoms with Crippen molar-refractivity contribution in [3.05, 3.63) is 65.9 Å². The van der Waals surface area contributed by atoms with Gasteiger partial charge in [0.1, 0.15) is 17.2 Å². The first-order chi connectivity index (χ1) is 12.6. The zero-order chi connectivity index (χ0) is 18.4. The highest BCUT2D eigenvalue weighted by Gasteiger charge is 2.09. The minimum Gasteiger partial charge on any atom is -0.497 e. The van der Waals surface area contributed by atoms with Crippen molar-refractivity contribution >= 4 is 5.91 Å². The lowest BCUT2D eigenvalue weighted by atomic mass is 10.1. The summed E-state index contributed by atoms with van der Waals surface area (Å²) in [5, 5.41) is 6.73. The second-order valence-corrected chi connectivity index (χ2v) is 5.79. The molecule has 6 nitrogen and oxygen atoms in total. The Labute approximate surface area is 151 Å². The molecule has 134 valence electrons. The maximum Gasteiger partial charge on any atom is 0.258 e. The average Bonchev–Trinajstić information content (AvgIpc) is 3.15. The van der Waals surface area contributed by atoms with Gasteiger partial charge in [0.25, 0.3) is 5.91 Å². The Kier molecular flexibility index (Phi) is 5.53. The van der Waals surface area contributed by atoms with E-state index in [1.165, 1.54) is 0 Å². The van der Waals surface area contributed by atoms with Gasteiger partial charge in [-0.25, -0.2) is 0 Å². The summed E-state index contributed by atoms with van der Waals surface area (Å²) in [6.07, 6.45) is 0. The van der Waals surface area contributed by atoms with Crippen LogP contribution in [0, 0.1) is 6.92 Å². The quantitative estimate of drug-likeness (QED) is 0.706. The van der Waals surface area contributed by atoms with E-state index in [9.17, 15) is 4.79 Å². The third kappa shape index (κ3) is 4.63. The molecular formula is C20H20N2O4. The summed E-state index contributed by atoms with van der Waals surface area (Å²) in [6, 6.07) is 16.8. The molecule has 6 heteroatoms. The molecule has 3 rings (SSSR count). The minimum absolute atomic E-state index is 0.0494. The molecule has 26 heavy (non-hydrogen) atoms. The first-order valence-corrected chi connectivity index (χ1v) is 8.20. The maximum atomic E-state index is 11.9. The molecule has 0 unspecified atom stereocenters. The van der Waals surface area contributed by atoms with Crippen LogP contribution in [-0.2, 0) is 11.3 Å². The number of benzene rings is 2. The molecule has 1 N–H and O–H groups in total. The number of nitrogens with one attached hydrogen (secondary N) is 1. The van der Waals surface area contributed by atoms with Gasteiger partial charge in [-0.3, -0.25) is 4.79 Å². The summed E-state index contributed by atoms with van der Waals surface area (Å²) in [4.78, 5) is 11.9. The van der Waals surface area contributed by atoms with Gasteiger partial charge in [0.15, 0.2) is 12.4 Å². The monoisotopic (exact) mass is 352 g/mol. The molecule has 0 atom stereocenters. The molecule has 0 bridgehead atoms. The highest BCUT2D eigenvalue weighted by Crippen LogP contribution is 2.23. The summed E-state index contributed by atoms with van der Waals surface area (Å²) in [5.41, 5.74) is 2.67. The molecule has 1 heterocycles. The molecule has 1 amide bonds. The second-order valence-electron chi connectivity index (χ2n) is 5.79. The molecule has 0 aliphatic rings. The first kappa shape index (κ1) is 17.5. The molecule has 0 saturated carbocycles. The van der Waals surface area contributed by atoms with Crippen molar-refractivity contribution < 1.29 is 18.8 Å². The fourth-order valence-electron chi connectivity index (χ4n) is 2.31. The van der Waals surface area contributed by atoms with Crippen molar-refractivity contribution in [1.29, 1.82) is 0 Å². The number of ether oxygens (including phenoxy) is 2. The van der Waals surface area contributed by atoms with Gasteiger partial charge in [-0.1, -0.05) is 22.9 Å². The Hall–Kier alpha value is -3.28. The third-order valence-corrected chi connectivity index (χ3v) is 3.79. The van der Waals surface area contributed by atoms with Gasteiger partial charge in [-0.2, -0.15) is 0 Å². The zero-order valence-electron chi connectivity index (χ0n) is 14.7. The molecule has 0 radical (unpaired) electrons. The van der Waals surface area contributed by atoms with Crippen LogP contribution in [0.4, 0.5) is 0 Å². The number of carbonyl (C=O) groups excluding carboxylic acids is 1. The smallest absolute Gasteiger partial charge is 0.258 e. The number of aromatic nitrogens is 1. The fraction of sp³-hybridized carbons (Fsp3) is 0.200. The van der Waals surface area contributed by atoms with Gasteiger partial charge < -0.3 is 19.3 Å². The predicted molar refractivity (Wildman–Crippen MR) is 97.0 cm³/mol. The molecule has 2 aromatic carbocycles. The van der Waals surface area contributed by atoms with Crippen molar-refractivity contribution in [3.8, 4) is 22.8 Å². The van der Waals surface area contributed by atoms with Crippen LogP contribution in [0.2, 0.25) is 0 Å². The van der Waals surface area contributed by atoms with Crippen LogP contribution < -0.4 is 14.8 Å². The number of methoxy groups -OCH3 is 1. The van der Waals surface area contributed by atoms with E-state index in [1.54, 1.807) is 13.2 Å². The van der Waals surface area contributed by atoms with Crippen LogP contribution in [0.3, 0.4) is 0 Å². The lowest BCUT2D eigenvalue weighted by Crippen LogP contribution is -2.28. The van der Waals surface area contributed by atoms with E-state index >= 15 is 0 Å². The second kappa shape index (κ2) is 8.20. The summed E-state index contributed by atoms with van der Waals surface area (Å²) >= 11 is 0. The van der Waals surface area contributed by atoms with Crippen LogP contribution in [-0.4, -0.2) is 24.8 Å². The van der Waals surface area contributed by atoms with Crippen molar-refractivity contribution in [3.63, 3.8) is 0 Å². The highest BCUT2D eigenvalue weighted by molar-refractivity contribution is 5.77. The normalized spacial score (nSPS) is 10.4. The molecule has 0 saturated heterocycles. The number of carbonyl (C=O) groups is 1. The molecule has 0 aliphatic heterocycles. The van der Waals surface area contributed by atoms with Gasteiger partial charge in [0.2, 0.25) is 0 Å². The van der Waals surface area contributed by atoms with Crippen molar-refractivity contribution in [2.75, 3.05) is 13.7 Å². The van der Waals surface area contributed by atoms with Gasteiger partial charge >= 0.3 is 0 Å². The lowest BCUT2D eigenvalue weighted by Gasteiger charge is -2.06. The Balaban J connectivity index is 1.49. The van der Waals surface area contributed by atoms with Crippen molar-refractivity contribution in [1.82, 2.24) is 10.5 Å². The van der Waals surface area contributed by atoms with Gasteiger partial charge in [0, 0.05) is 11.6 Å². The zero-order valence-corrected chi connectivity index (χ0v) is 14.7. The Bertz CT molecular complexity index is 854. The SMILES string of the molecule is COc1ccc(-c2cc(CNC(=O)COc3ccc(C)cc3)no2)cc1. The number of hydrogen-bond donors (Lipinski definition) is 1. The number of aryl methyl sites for hydroxylation is 1. The van der Waals surface area contributed by atoms with Crippen LogP contribution in [0.5, 0.6) is 11.5 Å². The minimum atomic E-state index is -0.223. The number of rotatable bonds is 7.